The van der Waals surface area contributed by atoms with Crippen LogP contribution in [0.4, 0.5) is 0 Å². The fraction of sp³-hybridized carbons (Fsp3) is 0.562. The lowest BCUT2D eigenvalue weighted by Gasteiger charge is -2.16. The van der Waals surface area contributed by atoms with Gasteiger partial charge in [-0.15, -0.1) is 0 Å². The zero-order valence-corrected chi connectivity index (χ0v) is 14.8. The number of carbonyl (C=O) groups excluding carboxylic acids is 1. The molecule has 5 nitrogen and oxygen atoms in total. The third kappa shape index (κ3) is 6.15. The van der Waals surface area contributed by atoms with Gasteiger partial charge in [0.05, 0.1) is 5.75 Å². The Bertz CT molecular complexity index is 604. The summed E-state index contributed by atoms with van der Waals surface area (Å²) in [5.74, 6) is -0.399. The normalized spacial score (nSPS) is 13.2. The molecule has 1 amide bonds. The van der Waals surface area contributed by atoms with Gasteiger partial charge >= 0.3 is 0 Å². The lowest BCUT2D eigenvalue weighted by atomic mass is 10.0. The van der Waals surface area contributed by atoms with Gasteiger partial charge in [0.15, 0.2) is 0 Å². The summed E-state index contributed by atoms with van der Waals surface area (Å²) in [4.78, 5) is 11.9. The van der Waals surface area contributed by atoms with Gasteiger partial charge in [-0.05, 0) is 32.8 Å². The Morgan fingerprint density at radius 2 is 1.73 bits per heavy atom. The lowest BCUT2D eigenvalue weighted by Crippen LogP contribution is -2.36. The van der Waals surface area contributed by atoms with Crippen LogP contribution in [-0.2, 0) is 21.2 Å². The maximum absolute atomic E-state index is 11.9. The van der Waals surface area contributed by atoms with E-state index in [9.17, 15) is 13.2 Å². The number of nitrogens with one attached hydrogen (secondary N) is 1. The van der Waals surface area contributed by atoms with Crippen LogP contribution in [0, 0.1) is 13.8 Å². The van der Waals surface area contributed by atoms with E-state index >= 15 is 0 Å². The Hall–Kier alpha value is -1.40. The molecule has 1 unspecified atom stereocenters. The predicted octanol–water partition coefficient (Wildman–Crippen LogP) is 1.63. The van der Waals surface area contributed by atoms with E-state index in [-0.39, 0.29) is 24.1 Å². The molecular formula is C16H26N2O3S. The molecule has 1 rings (SSSR count). The summed E-state index contributed by atoms with van der Waals surface area (Å²) in [5.41, 5.74) is 3.57. The molecule has 0 radical (unpaired) electrons. The number of rotatable bonds is 7. The number of amides is 1. The van der Waals surface area contributed by atoms with Crippen molar-refractivity contribution < 1.29 is 13.2 Å². The SMILES string of the molecule is Cc1cc(C)cc(CC(C)NC(=O)CCS(=O)(=O)N(C)C)c1. The second-order valence-electron chi connectivity index (χ2n) is 6.02. The van der Waals surface area contributed by atoms with Crippen molar-refractivity contribution in [1.82, 2.24) is 9.62 Å². The molecule has 0 aliphatic heterocycles. The highest BCUT2D eigenvalue weighted by molar-refractivity contribution is 7.89. The summed E-state index contributed by atoms with van der Waals surface area (Å²) in [7, 11) is -0.390. The van der Waals surface area contributed by atoms with E-state index in [1.807, 2.05) is 20.8 Å². The summed E-state index contributed by atoms with van der Waals surface area (Å²) < 4.78 is 24.4. The van der Waals surface area contributed by atoms with E-state index in [0.29, 0.717) is 0 Å². The summed E-state index contributed by atoms with van der Waals surface area (Å²) in [6.45, 7) is 6.02. The molecule has 0 aromatic heterocycles. The first-order chi connectivity index (χ1) is 10.1. The van der Waals surface area contributed by atoms with Crippen molar-refractivity contribution >= 4 is 15.9 Å². The third-order valence-electron chi connectivity index (χ3n) is 3.37. The zero-order valence-electron chi connectivity index (χ0n) is 14.0. The molecule has 0 aliphatic carbocycles. The Balaban J connectivity index is 2.51. The quantitative estimate of drug-likeness (QED) is 0.828. The molecular weight excluding hydrogens is 300 g/mol. The van der Waals surface area contributed by atoms with E-state index < -0.39 is 10.0 Å². The molecule has 1 aromatic carbocycles. The summed E-state index contributed by atoms with van der Waals surface area (Å²) >= 11 is 0. The topological polar surface area (TPSA) is 66.5 Å². The Morgan fingerprint density at radius 1 is 1.18 bits per heavy atom. The smallest absolute Gasteiger partial charge is 0.221 e. The molecule has 1 N–H and O–H groups in total. The first-order valence-corrected chi connectivity index (χ1v) is 8.98. The molecule has 1 aromatic rings. The van der Waals surface area contributed by atoms with Crippen LogP contribution in [-0.4, -0.2) is 44.5 Å². The lowest BCUT2D eigenvalue weighted by molar-refractivity contribution is -0.121. The summed E-state index contributed by atoms with van der Waals surface area (Å²) in [5, 5.41) is 2.86. The number of sulfonamides is 1. The maximum Gasteiger partial charge on any atom is 0.221 e. The van der Waals surface area contributed by atoms with Gasteiger partial charge < -0.3 is 5.32 Å². The number of nitrogens with zero attached hydrogens (tertiary/aromatic N) is 1. The van der Waals surface area contributed by atoms with Gasteiger partial charge in [-0.3, -0.25) is 4.79 Å². The minimum atomic E-state index is -3.33. The van der Waals surface area contributed by atoms with Crippen molar-refractivity contribution in [3.05, 3.63) is 34.9 Å². The number of carbonyl (C=O) groups is 1. The highest BCUT2D eigenvalue weighted by atomic mass is 32.2. The van der Waals surface area contributed by atoms with Gasteiger partial charge in [-0.1, -0.05) is 29.3 Å². The van der Waals surface area contributed by atoms with E-state index in [0.717, 1.165) is 10.7 Å². The molecule has 124 valence electrons. The minimum Gasteiger partial charge on any atom is -0.353 e. The molecule has 6 heteroatoms. The van der Waals surface area contributed by atoms with E-state index in [4.69, 9.17) is 0 Å². The number of aryl methyl sites for hydroxylation is 2. The van der Waals surface area contributed by atoms with Gasteiger partial charge in [0.1, 0.15) is 0 Å². The molecule has 0 spiro atoms. The fourth-order valence-corrected chi connectivity index (χ4v) is 3.15. The second kappa shape index (κ2) is 7.74. The van der Waals surface area contributed by atoms with Crippen molar-refractivity contribution in [3.8, 4) is 0 Å². The molecule has 0 heterocycles. The molecule has 1 atom stereocenters. The molecule has 0 saturated carbocycles. The number of benzene rings is 1. The zero-order chi connectivity index (χ0) is 16.9. The average molecular weight is 326 g/mol. The molecule has 0 bridgehead atoms. The van der Waals surface area contributed by atoms with E-state index in [1.54, 1.807) is 0 Å². The minimum absolute atomic E-state index is 0.0162. The van der Waals surface area contributed by atoms with Crippen LogP contribution >= 0.6 is 0 Å². The van der Waals surface area contributed by atoms with Gasteiger partial charge in [-0.2, -0.15) is 0 Å². The van der Waals surface area contributed by atoms with Crippen LogP contribution < -0.4 is 5.32 Å². The fourth-order valence-electron chi connectivity index (χ4n) is 2.34. The maximum atomic E-state index is 11.9. The van der Waals surface area contributed by atoms with Crippen LogP contribution in [0.25, 0.3) is 0 Å². The molecule has 0 saturated heterocycles. The van der Waals surface area contributed by atoms with Crippen molar-refractivity contribution in [1.29, 1.82) is 0 Å². The van der Waals surface area contributed by atoms with Gasteiger partial charge in [0.2, 0.25) is 15.9 Å². The van der Waals surface area contributed by atoms with Crippen LogP contribution in [0.3, 0.4) is 0 Å². The van der Waals surface area contributed by atoms with Crippen LogP contribution in [0.5, 0.6) is 0 Å². The molecule has 22 heavy (non-hydrogen) atoms. The van der Waals surface area contributed by atoms with Gasteiger partial charge in [0, 0.05) is 26.6 Å². The van der Waals surface area contributed by atoms with Crippen molar-refractivity contribution in [2.45, 2.75) is 39.7 Å². The summed E-state index contributed by atoms with van der Waals surface area (Å²) in [6, 6.07) is 6.28. The van der Waals surface area contributed by atoms with Crippen LogP contribution in [0.2, 0.25) is 0 Å². The van der Waals surface area contributed by atoms with Gasteiger partial charge in [-0.25, -0.2) is 12.7 Å². The highest BCUT2D eigenvalue weighted by Crippen LogP contribution is 2.11. The van der Waals surface area contributed by atoms with Gasteiger partial charge in [0.25, 0.3) is 0 Å². The second-order valence-corrected chi connectivity index (χ2v) is 8.32. The van der Waals surface area contributed by atoms with E-state index in [1.165, 1.54) is 30.8 Å². The van der Waals surface area contributed by atoms with Crippen molar-refractivity contribution in [2.24, 2.45) is 0 Å². The standard InChI is InChI=1S/C16H26N2O3S/c1-12-8-13(2)10-15(9-12)11-14(3)17-16(19)6-7-22(20,21)18(4)5/h8-10,14H,6-7,11H2,1-5H3,(H,17,19). The highest BCUT2D eigenvalue weighted by Gasteiger charge is 2.16. The Morgan fingerprint density at radius 3 is 2.23 bits per heavy atom. The molecule has 0 fully saturated rings. The third-order valence-corrected chi connectivity index (χ3v) is 5.21. The number of hydrogen-bond donors (Lipinski definition) is 1. The monoisotopic (exact) mass is 326 g/mol. The summed E-state index contributed by atoms with van der Waals surface area (Å²) in [6.07, 6.45) is 0.715. The first-order valence-electron chi connectivity index (χ1n) is 7.37. The predicted molar refractivity (Wildman–Crippen MR) is 89.3 cm³/mol. The Labute approximate surface area is 133 Å². The van der Waals surface area contributed by atoms with Crippen LogP contribution in [0.15, 0.2) is 18.2 Å². The average Bonchev–Trinajstić information content (AvgIpc) is 2.34. The Kier molecular flexibility index (Phi) is 6.56. The first kappa shape index (κ1) is 18.6. The van der Waals surface area contributed by atoms with Crippen LogP contribution in [0.1, 0.15) is 30.0 Å². The molecule has 0 aliphatic rings. The van der Waals surface area contributed by atoms with Crippen molar-refractivity contribution in [3.63, 3.8) is 0 Å². The van der Waals surface area contributed by atoms with E-state index in [2.05, 4.69) is 23.5 Å². The van der Waals surface area contributed by atoms with Crippen molar-refractivity contribution in [2.75, 3.05) is 19.8 Å². The largest absolute Gasteiger partial charge is 0.353 e. The number of hydrogen-bond acceptors (Lipinski definition) is 3.